The van der Waals surface area contributed by atoms with Gasteiger partial charge >= 0.3 is 12.4 Å². The summed E-state index contributed by atoms with van der Waals surface area (Å²) in [7, 11) is 0. The number of nitrogens with one attached hydrogen (secondary N) is 3. The molecule has 1 aliphatic rings. The zero-order chi connectivity index (χ0) is 11.2. The van der Waals surface area contributed by atoms with Crippen LogP contribution in [0.4, 0.5) is 26.3 Å². The summed E-state index contributed by atoms with van der Waals surface area (Å²) < 4.78 is 72.6. The Morgan fingerprint density at radius 2 is 1.64 bits per heavy atom. The second-order valence-corrected chi connectivity index (χ2v) is 2.69. The Labute approximate surface area is 73.8 Å². The molecule has 1 aliphatic heterocycles. The van der Waals surface area contributed by atoms with Crippen LogP contribution in [0.25, 0.3) is 0 Å². The van der Waals surface area contributed by atoms with Crippen molar-refractivity contribution in [3.8, 4) is 0 Å². The smallest absolute Gasteiger partial charge is 0.269 e. The van der Waals surface area contributed by atoms with E-state index in [-0.39, 0.29) is 0 Å². The van der Waals surface area contributed by atoms with Gasteiger partial charge < -0.3 is 0 Å². The highest BCUT2D eigenvalue weighted by Crippen LogP contribution is 2.40. The third kappa shape index (κ3) is 1.43. The van der Waals surface area contributed by atoms with Crippen molar-refractivity contribution in [2.24, 2.45) is 5.84 Å². The van der Waals surface area contributed by atoms with Gasteiger partial charge in [-0.05, 0) is 0 Å². The van der Waals surface area contributed by atoms with Gasteiger partial charge in [0, 0.05) is 0 Å². The van der Waals surface area contributed by atoms with Crippen LogP contribution in [0.2, 0.25) is 0 Å². The van der Waals surface area contributed by atoms with Crippen molar-refractivity contribution >= 4 is 0 Å². The van der Waals surface area contributed by atoms with E-state index in [1.807, 2.05) is 0 Å². The van der Waals surface area contributed by atoms with Gasteiger partial charge in [0.2, 0.25) is 5.66 Å². The van der Waals surface area contributed by atoms with E-state index >= 15 is 0 Å². The molecule has 0 spiro atoms. The Bertz CT molecular complexity index is 219. The van der Waals surface area contributed by atoms with Crippen molar-refractivity contribution < 1.29 is 26.3 Å². The number of alkyl halides is 6. The van der Waals surface area contributed by atoms with Gasteiger partial charge in [-0.2, -0.15) is 26.3 Å². The Morgan fingerprint density at radius 3 is 1.71 bits per heavy atom. The minimum absolute atomic E-state index is 1.09. The molecule has 0 aromatic carbocycles. The highest BCUT2D eigenvalue weighted by molar-refractivity contribution is 5.09. The lowest BCUT2D eigenvalue weighted by Gasteiger charge is -2.50. The summed E-state index contributed by atoms with van der Waals surface area (Å²) in [6.07, 6.45) is -10.2. The molecule has 2 unspecified atom stereocenters. The molecule has 0 aromatic rings. The number of hydrazine groups is 2. The average molecular weight is 224 g/mol. The first-order valence-corrected chi connectivity index (χ1v) is 3.29. The van der Waals surface area contributed by atoms with Crippen LogP contribution in [0.15, 0.2) is 0 Å². The molecule has 4 nitrogen and oxygen atoms in total. The molecule has 1 fully saturated rings. The summed E-state index contributed by atoms with van der Waals surface area (Å²) in [5.74, 6) is 4.47. The first-order valence-electron chi connectivity index (χ1n) is 3.29. The van der Waals surface area contributed by atoms with Gasteiger partial charge in [0.25, 0.3) is 0 Å². The third-order valence-corrected chi connectivity index (χ3v) is 1.85. The molecular weight excluding hydrogens is 218 g/mol. The SMILES string of the molecule is NNC1(C(F)(F)F)NNC1C(F)(F)F. The molecule has 1 rings (SSSR count). The first kappa shape index (κ1) is 11.5. The molecule has 0 radical (unpaired) electrons. The van der Waals surface area contributed by atoms with Gasteiger partial charge in [-0.3, -0.25) is 5.84 Å². The van der Waals surface area contributed by atoms with Gasteiger partial charge in [-0.15, -0.1) is 0 Å². The van der Waals surface area contributed by atoms with Gasteiger partial charge in [0.05, 0.1) is 0 Å². The van der Waals surface area contributed by atoms with E-state index in [1.54, 1.807) is 0 Å². The molecule has 84 valence electrons. The van der Waals surface area contributed by atoms with Gasteiger partial charge in [0.15, 0.2) is 6.04 Å². The van der Waals surface area contributed by atoms with E-state index in [1.165, 1.54) is 10.9 Å². The molecule has 1 heterocycles. The second-order valence-electron chi connectivity index (χ2n) is 2.69. The summed E-state index contributed by atoms with van der Waals surface area (Å²) in [5, 5.41) is 0. The lowest BCUT2D eigenvalue weighted by atomic mass is 9.96. The molecule has 14 heavy (non-hydrogen) atoms. The Hall–Kier alpha value is -0.580. The largest absolute Gasteiger partial charge is 0.424 e. The minimum Gasteiger partial charge on any atom is -0.269 e. The summed E-state index contributed by atoms with van der Waals surface area (Å²) in [5.41, 5.74) is 0.507. The topological polar surface area (TPSA) is 62.1 Å². The van der Waals surface area contributed by atoms with Gasteiger partial charge in [-0.1, -0.05) is 0 Å². The van der Waals surface area contributed by atoms with E-state index in [9.17, 15) is 26.3 Å². The van der Waals surface area contributed by atoms with Crippen molar-refractivity contribution in [3.05, 3.63) is 0 Å². The van der Waals surface area contributed by atoms with Crippen LogP contribution in [-0.4, -0.2) is 24.1 Å². The standard InChI is InChI=1S/C4H6F6N4/c5-3(6,7)1-2(13-11,14-12-1)4(8,9)10/h1,12-14H,11H2. The lowest BCUT2D eigenvalue weighted by Crippen LogP contribution is -2.92. The van der Waals surface area contributed by atoms with Gasteiger partial charge in [-0.25, -0.2) is 16.3 Å². The van der Waals surface area contributed by atoms with Crippen LogP contribution >= 0.6 is 0 Å². The fraction of sp³-hybridized carbons (Fsp3) is 1.00. The van der Waals surface area contributed by atoms with Crippen LogP contribution in [0.5, 0.6) is 0 Å². The summed E-state index contributed by atoms with van der Waals surface area (Å²) >= 11 is 0. The van der Waals surface area contributed by atoms with Crippen LogP contribution < -0.4 is 22.1 Å². The van der Waals surface area contributed by atoms with Crippen molar-refractivity contribution in [2.75, 3.05) is 0 Å². The van der Waals surface area contributed by atoms with Crippen molar-refractivity contribution in [1.82, 2.24) is 16.3 Å². The number of rotatable bonds is 1. The molecule has 0 bridgehead atoms. The predicted octanol–water partition coefficient (Wildman–Crippen LogP) is -0.253. The van der Waals surface area contributed by atoms with Crippen molar-refractivity contribution in [1.29, 1.82) is 0 Å². The third-order valence-electron chi connectivity index (χ3n) is 1.85. The minimum atomic E-state index is -5.16. The monoisotopic (exact) mass is 224 g/mol. The number of nitrogens with two attached hydrogens (primary N) is 1. The summed E-state index contributed by atoms with van der Waals surface area (Å²) in [4.78, 5) is 0. The van der Waals surface area contributed by atoms with Crippen LogP contribution in [-0.2, 0) is 0 Å². The molecule has 0 amide bonds. The van der Waals surface area contributed by atoms with E-state index in [2.05, 4.69) is 5.84 Å². The summed E-state index contributed by atoms with van der Waals surface area (Å²) in [6.45, 7) is 0. The quantitative estimate of drug-likeness (QED) is 0.282. The Morgan fingerprint density at radius 1 is 1.14 bits per heavy atom. The number of hydrogen-bond acceptors (Lipinski definition) is 4. The first-order chi connectivity index (χ1) is 6.15. The van der Waals surface area contributed by atoms with E-state index < -0.39 is 24.1 Å². The highest BCUT2D eigenvalue weighted by Gasteiger charge is 2.72. The van der Waals surface area contributed by atoms with E-state index in [0.717, 1.165) is 5.43 Å². The maximum atomic E-state index is 12.2. The molecule has 2 atom stereocenters. The second kappa shape index (κ2) is 2.95. The van der Waals surface area contributed by atoms with Crippen LogP contribution in [0.3, 0.4) is 0 Å². The van der Waals surface area contributed by atoms with Gasteiger partial charge in [0.1, 0.15) is 0 Å². The lowest BCUT2D eigenvalue weighted by molar-refractivity contribution is -0.304. The Balaban J connectivity index is 2.94. The predicted molar refractivity (Wildman–Crippen MR) is 32.2 cm³/mol. The molecule has 0 aromatic heterocycles. The molecule has 0 aliphatic carbocycles. The van der Waals surface area contributed by atoms with Crippen LogP contribution in [0.1, 0.15) is 0 Å². The molecule has 0 saturated carbocycles. The zero-order valence-corrected chi connectivity index (χ0v) is 6.42. The zero-order valence-electron chi connectivity index (χ0n) is 6.42. The fourth-order valence-corrected chi connectivity index (χ4v) is 1.05. The maximum absolute atomic E-state index is 12.2. The summed E-state index contributed by atoms with van der Waals surface area (Å²) in [6, 6.07) is -2.81. The average Bonchev–Trinajstić information content (AvgIpc) is 1.78. The molecule has 1 saturated heterocycles. The van der Waals surface area contributed by atoms with Crippen LogP contribution in [0, 0.1) is 0 Å². The number of hydrogen-bond donors (Lipinski definition) is 4. The number of halogens is 6. The molecular formula is C4H6F6N4. The van der Waals surface area contributed by atoms with Crippen molar-refractivity contribution in [3.63, 3.8) is 0 Å². The maximum Gasteiger partial charge on any atom is 0.424 e. The molecule has 5 N–H and O–H groups in total. The van der Waals surface area contributed by atoms with E-state index in [4.69, 9.17) is 0 Å². The van der Waals surface area contributed by atoms with Crippen molar-refractivity contribution in [2.45, 2.75) is 24.1 Å². The van der Waals surface area contributed by atoms with E-state index in [0.29, 0.717) is 0 Å². The molecule has 10 heteroatoms. The fourth-order valence-electron chi connectivity index (χ4n) is 1.05. The normalized spacial score (nSPS) is 34.1. The highest BCUT2D eigenvalue weighted by atomic mass is 19.4. The Kier molecular flexibility index (Phi) is 2.42.